The van der Waals surface area contributed by atoms with Gasteiger partial charge in [-0.2, -0.15) is 0 Å². The lowest BCUT2D eigenvalue weighted by Gasteiger charge is -2.37. The van der Waals surface area contributed by atoms with Gasteiger partial charge < -0.3 is 14.5 Å². The molecule has 0 bridgehead atoms. The number of rotatable bonds is 10. The largest absolute Gasteiger partial charge is 0.496 e. The first-order valence-corrected chi connectivity index (χ1v) is 14.7. The third-order valence-corrected chi connectivity index (χ3v) is 9.73. The molecule has 0 amide bonds. The monoisotopic (exact) mass is 550 g/mol. The first kappa shape index (κ1) is 28.6. The summed E-state index contributed by atoms with van der Waals surface area (Å²) in [6.45, 7) is 9.27. The number of piperazine rings is 1. The Bertz CT molecular complexity index is 1400. The van der Waals surface area contributed by atoms with Crippen molar-refractivity contribution in [2.24, 2.45) is 0 Å². The highest BCUT2D eigenvalue weighted by Crippen LogP contribution is 2.32. The van der Waals surface area contributed by atoms with Gasteiger partial charge in [0.25, 0.3) is 0 Å². The molecule has 8 nitrogen and oxygen atoms in total. The number of sulfonamides is 1. The van der Waals surface area contributed by atoms with Crippen LogP contribution in [0.4, 0.5) is 11.4 Å². The highest BCUT2D eigenvalue weighted by atomic mass is 32.2. The maximum absolute atomic E-state index is 13.3. The summed E-state index contributed by atoms with van der Waals surface area (Å²) in [4.78, 5) is 21.8. The minimum Gasteiger partial charge on any atom is -0.496 e. The zero-order valence-corrected chi connectivity index (χ0v) is 24.3. The van der Waals surface area contributed by atoms with Crippen LogP contribution < -0.4 is 14.5 Å². The Kier molecular flexibility index (Phi) is 8.92. The van der Waals surface area contributed by atoms with Crippen LogP contribution in [-0.4, -0.2) is 70.4 Å². The van der Waals surface area contributed by atoms with Crippen LogP contribution in [0.15, 0.2) is 59.8 Å². The highest BCUT2D eigenvalue weighted by molar-refractivity contribution is 7.89. The van der Waals surface area contributed by atoms with Crippen LogP contribution in [0.3, 0.4) is 0 Å². The molecule has 9 heteroatoms. The molecular weight excluding hydrogens is 512 g/mol. The summed E-state index contributed by atoms with van der Waals surface area (Å²) in [5, 5.41) is 0. The molecule has 0 unspecified atom stereocenters. The van der Waals surface area contributed by atoms with Gasteiger partial charge in [-0.15, -0.1) is 0 Å². The minimum absolute atomic E-state index is 0.00937. The zero-order valence-electron chi connectivity index (χ0n) is 23.5. The van der Waals surface area contributed by atoms with Gasteiger partial charge in [0.15, 0.2) is 0 Å². The van der Waals surface area contributed by atoms with Gasteiger partial charge in [-0.05, 0) is 73.4 Å². The van der Waals surface area contributed by atoms with Crippen LogP contribution in [-0.2, 0) is 21.2 Å². The lowest BCUT2D eigenvalue weighted by Crippen LogP contribution is -2.46. The zero-order chi connectivity index (χ0) is 28.2. The van der Waals surface area contributed by atoms with Crippen molar-refractivity contribution < 1.29 is 17.9 Å². The molecule has 39 heavy (non-hydrogen) atoms. The molecule has 1 aromatic heterocycles. The number of nitrogens with zero attached hydrogens (tertiary/aromatic N) is 4. The maximum atomic E-state index is 13.3. The van der Waals surface area contributed by atoms with Crippen molar-refractivity contribution in [1.82, 2.24) is 9.29 Å². The molecular formula is C30H38N4O4S. The molecule has 1 saturated heterocycles. The quantitative estimate of drug-likeness (QED) is 0.375. The van der Waals surface area contributed by atoms with Gasteiger partial charge in [-0.3, -0.25) is 9.78 Å². The molecule has 0 saturated carbocycles. The number of ketones is 1. The fraction of sp³-hybridized carbons (Fsp3) is 0.400. The Hall–Kier alpha value is -3.43. The average Bonchev–Trinajstić information content (AvgIpc) is 2.94. The van der Waals surface area contributed by atoms with E-state index in [4.69, 9.17) is 4.74 Å². The first-order valence-electron chi connectivity index (χ1n) is 13.2. The second-order valence-electron chi connectivity index (χ2n) is 10.1. The topological polar surface area (TPSA) is 83.0 Å². The third-order valence-electron chi connectivity index (χ3n) is 7.58. The fourth-order valence-corrected chi connectivity index (χ4v) is 6.76. The Morgan fingerprint density at radius 2 is 1.49 bits per heavy atom. The van der Waals surface area contributed by atoms with E-state index >= 15 is 0 Å². The van der Waals surface area contributed by atoms with Gasteiger partial charge in [0.1, 0.15) is 11.5 Å². The van der Waals surface area contributed by atoms with E-state index in [0.29, 0.717) is 16.9 Å². The lowest BCUT2D eigenvalue weighted by molar-refractivity contribution is -0.118. The predicted molar refractivity (Wildman–Crippen MR) is 155 cm³/mol. The molecule has 2 aromatic carbocycles. The van der Waals surface area contributed by atoms with Gasteiger partial charge in [0.2, 0.25) is 10.0 Å². The number of anilines is 2. The number of pyridine rings is 1. The van der Waals surface area contributed by atoms with Gasteiger partial charge in [0, 0.05) is 76.4 Å². The van der Waals surface area contributed by atoms with Crippen LogP contribution in [0.1, 0.15) is 28.7 Å². The van der Waals surface area contributed by atoms with Gasteiger partial charge >= 0.3 is 0 Å². The SMILES string of the molecule is COc1cc(C)c(S(=O)(=O)N(C)CCC(=O)Cc2ccc(N3CCN(c4ccncc4)CC3)cc2)c(C)c1C. The van der Waals surface area contributed by atoms with Crippen molar-refractivity contribution >= 4 is 27.2 Å². The number of benzene rings is 2. The van der Waals surface area contributed by atoms with E-state index < -0.39 is 10.0 Å². The Balaban J connectivity index is 1.30. The summed E-state index contributed by atoms with van der Waals surface area (Å²) in [5.41, 5.74) is 5.37. The summed E-state index contributed by atoms with van der Waals surface area (Å²) in [6, 6.07) is 14.0. The van der Waals surface area contributed by atoms with Gasteiger partial charge in [-0.25, -0.2) is 12.7 Å². The number of carbonyl (C=O) groups excluding carboxylic acids is 1. The van der Waals surface area contributed by atoms with E-state index in [1.807, 2.05) is 43.6 Å². The Labute approximate surface area is 232 Å². The van der Waals surface area contributed by atoms with Crippen molar-refractivity contribution in [2.75, 3.05) is 56.7 Å². The van der Waals surface area contributed by atoms with Crippen molar-refractivity contribution in [2.45, 2.75) is 38.5 Å². The van der Waals surface area contributed by atoms with Crippen molar-refractivity contribution in [3.63, 3.8) is 0 Å². The fourth-order valence-electron chi connectivity index (χ4n) is 5.11. The maximum Gasteiger partial charge on any atom is 0.243 e. The summed E-state index contributed by atoms with van der Waals surface area (Å²) < 4.78 is 33.3. The minimum atomic E-state index is -3.74. The second kappa shape index (κ2) is 12.2. The number of carbonyl (C=O) groups is 1. The number of hydrogen-bond donors (Lipinski definition) is 0. The molecule has 2 heterocycles. The normalized spacial score (nSPS) is 14.1. The van der Waals surface area contributed by atoms with Gasteiger partial charge in [-0.1, -0.05) is 12.1 Å². The van der Waals surface area contributed by atoms with Crippen molar-refractivity contribution in [1.29, 1.82) is 0 Å². The molecule has 0 spiro atoms. The molecule has 0 atom stereocenters. The van der Waals surface area contributed by atoms with E-state index in [1.54, 1.807) is 27.0 Å². The highest BCUT2D eigenvalue weighted by Gasteiger charge is 2.27. The molecule has 4 rings (SSSR count). The standard InChI is InChI=1S/C30H38N4O4S/c1-22-20-29(38-5)23(2)24(3)30(22)39(36,37)32(4)15-12-28(35)21-25-6-8-26(9-7-25)33-16-18-34(19-17-33)27-10-13-31-14-11-27/h6-11,13-14,20H,12,15-19,21H2,1-5H3. The number of aromatic nitrogens is 1. The lowest BCUT2D eigenvalue weighted by atomic mass is 10.1. The predicted octanol–water partition coefficient (Wildman–Crippen LogP) is 4.16. The Morgan fingerprint density at radius 1 is 0.923 bits per heavy atom. The third kappa shape index (κ3) is 6.42. The van der Waals surface area contributed by atoms with Gasteiger partial charge in [0.05, 0.1) is 12.0 Å². The average molecular weight is 551 g/mol. The van der Waals surface area contributed by atoms with Crippen LogP contribution in [0.25, 0.3) is 0 Å². The smallest absolute Gasteiger partial charge is 0.243 e. The molecule has 0 radical (unpaired) electrons. The summed E-state index contributed by atoms with van der Waals surface area (Å²) in [6.07, 6.45) is 4.08. The number of aryl methyl sites for hydroxylation is 1. The summed E-state index contributed by atoms with van der Waals surface area (Å²) in [7, 11) is -0.635. The number of ether oxygens (including phenoxy) is 1. The molecule has 1 fully saturated rings. The van der Waals surface area contributed by atoms with Crippen LogP contribution >= 0.6 is 0 Å². The van der Waals surface area contributed by atoms with E-state index in [2.05, 4.69) is 26.9 Å². The molecule has 208 valence electrons. The van der Waals surface area contributed by atoms with Crippen molar-refractivity contribution in [3.05, 3.63) is 77.1 Å². The molecule has 0 N–H and O–H groups in total. The summed E-state index contributed by atoms with van der Waals surface area (Å²) >= 11 is 0. The van der Waals surface area contributed by atoms with Crippen LogP contribution in [0, 0.1) is 20.8 Å². The molecule has 3 aromatic rings. The second-order valence-corrected chi connectivity index (χ2v) is 12.1. The number of Topliss-reactive ketones (excluding diaryl/α,β-unsaturated/α-hetero) is 1. The summed E-state index contributed by atoms with van der Waals surface area (Å²) in [5.74, 6) is 0.676. The molecule has 0 aliphatic carbocycles. The number of hydrogen-bond acceptors (Lipinski definition) is 7. The molecule has 1 aliphatic rings. The van der Waals surface area contributed by atoms with E-state index in [-0.39, 0.29) is 30.1 Å². The van der Waals surface area contributed by atoms with Crippen LogP contribution in [0.2, 0.25) is 0 Å². The van der Waals surface area contributed by atoms with E-state index in [1.165, 1.54) is 17.0 Å². The Morgan fingerprint density at radius 3 is 2.05 bits per heavy atom. The van der Waals surface area contributed by atoms with E-state index in [9.17, 15) is 13.2 Å². The van der Waals surface area contributed by atoms with Crippen molar-refractivity contribution in [3.8, 4) is 5.75 Å². The van der Waals surface area contributed by atoms with Crippen LogP contribution in [0.5, 0.6) is 5.75 Å². The van der Waals surface area contributed by atoms with E-state index in [0.717, 1.165) is 43.0 Å². The number of methoxy groups -OCH3 is 1. The molecule has 1 aliphatic heterocycles. The first-order chi connectivity index (χ1) is 18.6.